The molecular weight excluding hydrogens is 1310 g/mol. The van der Waals surface area contributed by atoms with Crippen molar-refractivity contribution in [1.82, 2.24) is 29.1 Å². The minimum Gasteiger partial charge on any atom is -0.456 e. The highest BCUT2D eigenvalue weighted by Gasteiger charge is 2.38. The summed E-state index contributed by atoms with van der Waals surface area (Å²) in [6.45, 7) is 9.41. The third kappa shape index (κ3) is 9.71. The molecule has 500 valence electrons. The predicted molar refractivity (Wildman–Crippen MR) is 441 cm³/mol. The lowest BCUT2D eigenvalue weighted by atomic mass is 9.82. The van der Waals surface area contributed by atoms with Crippen molar-refractivity contribution < 1.29 is 4.42 Å². The molecule has 0 spiro atoms. The van der Waals surface area contributed by atoms with Crippen LogP contribution < -0.4 is 0 Å². The van der Waals surface area contributed by atoms with Crippen LogP contribution in [-0.4, -0.2) is 29.1 Å². The maximum atomic E-state index is 6.43. The molecule has 6 heterocycles. The van der Waals surface area contributed by atoms with Gasteiger partial charge in [0.1, 0.15) is 11.2 Å². The van der Waals surface area contributed by atoms with Crippen molar-refractivity contribution >= 4 is 97.1 Å². The Morgan fingerprint density at radius 2 is 0.632 bits per heavy atom. The van der Waals surface area contributed by atoms with Crippen molar-refractivity contribution in [3.63, 3.8) is 0 Å². The third-order valence-corrected chi connectivity index (χ3v) is 23.6. The van der Waals surface area contributed by atoms with E-state index in [-0.39, 0.29) is 10.8 Å². The fourth-order valence-corrected chi connectivity index (χ4v) is 18.2. The number of hydrogen-bond donors (Lipinski definition) is 0. The van der Waals surface area contributed by atoms with E-state index in [0.717, 1.165) is 95.0 Å². The van der Waals surface area contributed by atoms with Gasteiger partial charge >= 0.3 is 0 Å². The van der Waals surface area contributed by atoms with Gasteiger partial charge in [0.25, 0.3) is 0 Å². The van der Waals surface area contributed by atoms with Crippen molar-refractivity contribution in [3.05, 3.63) is 350 Å². The molecule has 6 aromatic heterocycles. The third-order valence-electron chi connectivity index (χ3n) is 22.4. The molecule has 0 N–H and O–H groups in total. The maximum Gasteiger partial charge on any atom is 0.160 e. The largest absolute Gasteiger partial charge is 0.456 e. The van der Waals surface area contributed by atoms with E-state index in [2.05, 4.69) is 334 Å². The second-order valence-electron chi connectivity index (χ2n) is 29.3. The molecule has 0 saturated carbocycles. The first-order valence-electron chi connectivity index (χ1n) is 36.3. The summed E-state index contributed by atoms with van der Waals surface area (Å²) >= 11 is 1.88. The molecule has 20 aromatic rings. The molecule has 2 aliphatic rings. The van der Waals surface area contributed by atoms with Gasteiger partial charge in [0.2, 0.25) is 0 Å². The first-order chi connectivity index (χ1) is 52.0. The van der Waals surface area contributed by atoms with Gasteiger partial charge in [-0.15, -0.1) is 11.3 Å². The summed E-state index contributed by atoms with van der Waals surface area (Å²) in [5, 5.41) is 9.79. The van der Waals surface area contributed by atoms with Crippen LogP contribution in [0.4, 0.5) is 0 Å². The monoisotopic (exact) mass is 1370 g/mol. The Balaban J connectivity index is 0.000000136. The zero-order chi connectivity index (χ0) is 70.5. The number of thiophene rings is 1. The topological polar surface area (TPSA) is 74.6 Å². The smallest absolute Gasteiger partial charge is 0.160 e. The first-order valence-corrected chi connectivity index (χ1v) is 37.1. The second kappa shape index (κ2) is 23.7. The first kappa shape index (κ1) is 61.5. The lowest BCUT2D eigenvalue weighted by molar-refractivity contribution is 0.661. The summed E-state index contributed by atoms with van der Waals surface area (Å²) in [4.78, 5) is 20.4. The molecule has 0 bridgehead atoms. The minimum atomic E-state index is -0.118. The van der Waals surface area contributed by atoms with Gasteiger partial charge in [-0.1, -0.05) is 234 Å². The van der Waals surface area contributed by atoms with Crippen molar-refractivity contribution in [2.45, 2.75) is 38.5 Å². The number of hydrogen-bond acceptors (Lipinski definition) is 6. The van der Waals surface area contributed by atoms with Gasteiger partial charge < -0.3 is 13.6 Å². The van der Waals surface area contributed by atoms with Gasteiger partial charge in [0.15, 0.2) is 11.6 Å². The molecule has 0 amide bonds. The Morgan fingerprint density at radius 3 is 1.10 bits per heavy atom. The molecule has 14 aromatic carbocycles. The summed E-state index contributed by atoms with van der Waals surface area (Å²) in [5.41, 5.74) is 29.2. The summed E-state index contributed by atoms with van der Waals surface area (Å²) in [6.07, 6.45) is 0. The fourth-order valence-electron chi connectivity index (χ4n) is 17.1. The number of para-hydroxylation sites is 1. The Hall–Kier alpha value is -13.1. The zero-order valence-electron chi connectivity index (χ0n) is 58.7. The summed E-state index contributed by atoms with van der Waals surface area (Å²) in [6, 6.07) is 117. The summed E-state index contributed by atoms with van der Waals surface area (Å²) < 4.78 is 14.0. The minimum absolute atomic E-state index is 0.0978. The lowest BCUT2D eigenvalue weighted by Crippen LogP contribution is -2.14. The average molecular weight is 1380 g/mol. The molecule has 7 nitrogen and oxygen atoms in total. The quantitative estimate of drug-likeness (QED) is 0.152. The molecule has 106 heavy (non-hydrogen) atoms. The molecule has 0 saturated heterocycles. The molecular formula is C98H66N6OS. The van der Waals surface area contributed by atoms with Crippen LogP contribution in [0.2, 0.25) is 0 Å². The summed E-state index contributed by atoms with van der Waals surface area (Å²) in [7, 11) is 0. The van der Waals surface area contributed by atoms with Crippen molar-refractivity contribution in [2.24, 2.45) is 0 Å². The lowest BCUT2D eigenvalue weighted by Gasteiger charge is -2.21. The normalized spacial score (nSPS) is 13.2. The number of benzene rings is 14. The Labute approximate surface area is 616 Å². The van der Waals surface area contributed by atoms with Crippen molar-refractivity contribution in [3.8, 4) is 101 Å². The van der Waals surface area contributed by atoms with Gasteiger partial charge in [-0.05, 0) is 166 Å². The van der Waals surface area contributed by atoms with E-state index < -0.39 is 0 Å². The zero-order valence-corrected chi connectivity index (χ0v) is 59.5. The van der Waals surface area contributed by atoms with Crippen LogP contribution in [0, 0.1) is 0 Å². The summed E-state index contributed by atoms with van der Waals surface area (Å²) in [5.74, 6) is 1.41. The van der Waals surface area contributed by atoms with E-state index in [0.29, 0.717) is 11.6 Å². The molecule has 0 aliphatic heterocycles. The highest BCUT2D eigenvalue weighted by Crippen LogP contribution is 2.54. The van der Waals surface area contributed by atoms with Crippen LogP contribution in [-0.2, 0) is 10.8 Å². The van der Waals surface area contributed by atoms with E-state index in [1.165, 1.54) is 103 Å². The number of furan rings is 1. The van der Waals surface area contributed by atoms with Crippen molar-refractivity contribution in [2.75, 3.05) is 0 Å². The molecule has 8 heteroatoms. The van der Waals surface area contributed by atoms with Gasteiger partial charge in [-0.2, -0.15) is 0 Å². The Morgan fingerprint density at radius 1 is 0.255 bits per heavy atom. The highest BCUT2D eigenvalue weighted by molar-refractivity contribution is 7.25. The highest BCUT2D eigenvalue weighted by atomic mass is 32.1. The number of fused-ring (bicyclic) bond motifs is 18. The second-order valence-corrected chi connectivity index (χ2v) is 30.3. The Kier molecular flexibility index (Phi) is 13.8. The van der Waals surface area contributed by atoms with Gasteiger partial charge in [0, 0.05) is 108 Å². The van der Waals surface area contributed by atoms with Gasteiger partial charge in [-0.3, -0.25) is 0 Å². The van der Waals surface area contributed by atoms with Gasteiger partial charge in [0.05, 0.1) is 44.8 Å². The molecule has 22 rings (SSSR count). The van der Waals surface area contributed by atoms with E-state index in [1.54, 1.807) is 0 Å². The SMILES string of the molecule is CC1(C)c2ccccc2-c2cc3c4cc5oc6ccccc6c5cc4n(-c4ccc(-c5nc(-c6ccccc6)cc(-c6ccccc6)n5)cc4)c3cc21.CC1(C)c2ccccc2-c2cc3c4cc5sc6ccccc6c5cc4n(-c4ccc(-c5nc(-c6ccccc6)cc(-c6ccccc6)n5)cc4)c3cc21. The standard InChI is InChI=1S/C49H33N3O.C49H33N3S/c2*1-49(2)40-19-11-9-17-34(40)36-25-37-38-27-47-39(35-18-10-12-20-46(35)53-47)26-44(38)52(45(37)28-41(36)49)33-23-21-32(22-24-33)48-50-42(30-13-5-3-6-14-30)29-43(51-48)31-15-7-4-8-16-31/h2*3-29H,1-2H3. The fraction of sp³-hybridized carbons (Fsp3) is 0.0612. The van der Waals surface area contributed by atoms with Gasteiger partial charge in [-0.25, -0.2) is 19.9 Å². The molecule has 0 atom stereocenters. The predicted octanol–water partition coefficient (Wildman–Crippen LogP) is 26.0. The maximum absolute atomic E-state index is 6.43. The molecule has 0 radical (unpaired) electrons. The van der Waals surface area contributed by atoms with Crippen LogP contribution in [0.1, 0.15) is 49.9 Å². The van der Waals surface area contributed by atoms with Crippen LogP contribution >= 0.6 is 11.3 Å². The van der Waals surface area contributed by atoms with Crippen LogP contribution in [0.3, 0.4) is 0 Å². The average Bonchev–Trinajstić information content (AvgIpc) is 1.55. The molecule has 2 aliphatic carbocycles. The molecule has 0 unspecified atom stereocenters. The Bertz CT molecular complexity index is 6430. The van der Waals surface area contributed by atoms with E-state index >= 15 is 0 Å². The van der Waals surface area contributed by atoms with E-state index in [1.807, 2.05) is 41.7 Å². The molecule has 0 fully saturated rings. The van der Waals surface area contributed by atoms with E-state index in [9.17, 15) is 0 Å². The number of aromatic nitrogens is 6. The van der Waals surface area contributed by atoms with Crippen LogP contribution in [0.5, 0.6) is 0 Å². The van der Waals surface area contributed by atoms with Crippen LogP contribution in [0.15, 0.2) is 332 Å². The van der Waals surface area contributed by atoms with E-state index in [4.69, 9.17) is 24.4 Å². The number of rotatable bonds is 8. The van der Waals surface area contributed by atoms with Crippen molar-refractivity contribution in [1.29, 1.82) is 0 Å². The van der Waals surface area contributed by atoms with Crippen LogP contribution in [0.25, 0.3) is 187 Å². The number of nitrogens with zero attached hydrogens (tertiary/aromatic N) is 6.